The van der Waals surface area contributed by atoms with Gasteiger partial charge in [0.2, 0.25) is 0 Å². The first-order valence-electron chi connectivity index (χ1n) is 6.36. The molecule has 0 spiro atoms. The molecule has 86 valence electrons. The van der Waals surface area contributed by atoms with Crippen molar-refractivity contribution in [3.05, 3.63) is 0 Å². The molecular weight excluding hydrogens is 184 g/mol. The lowest BCUT2D eigenvalue weighted by Crippen LogP contribution is -2.42. The average Bonchev–Trinajstić information content (AvgIpc) is 3.06. The molecule has 15 heavy (non-hydrogen) atoms. The van der Waals surface area contributed by atoms with Crippen molar-refractivity contribution in [2.45, 2.75) is 64.3 Å². The lowest BCUT2D eigenvalue weighted by Gasteiger charge is -2.23. The summed E-state index contributed by atoms with van der Waals surface area (Å²) in [6.07, 6.45) is 8.70. The van der Waals surface area contributed by atoms with Crippen LogP contribution in [-0.4, -0.2) is 12.1 Å². The Morgan fingerprint density at radius 3 is 2.60 bits per heavy atom. The summed E-state index contributed by atoms with van der Waals surface area (Å²) in [5.41, 5.74) is -0.281. The largest absolute Gasteiger partial charge is 0.299 e. The summed E-state index contributed by atoms with van der Waals surface area (Å²) in [6, 6.07) is 2.43. The summed E-state index contributed by atoms with van der Waals surface area (Å²) >= 11 is 0. The molecule has 1 N–H and O–H groups in total. The summed E-state index contributed by atoms with van der Waals surface area (Å²) in [5.74, 6) is 0.855. The van der Waals surface area contributed by atoms with Crippen LogP contribution in [0.2, 0.25) is 0 Å². The molecule has 0 heterocycles. The SMILES string of the molecule is CCCCCCC(C)(C#N)NCC1CC1. The Labute approximate surface area is 94.1 Å². The van der Waals surface area contributed by atoms with Crippen LogP contribution in [0.4, 0.5) is 0 Å². The standard InChI is InChI=1S/C13H24N2/c1-3-4-5-6-9-13(2,11-14)15-10-12-7-8-12/h12,15H,3-10H2,1-2H3. The Kier molecular flexibility index (Phi) is 5.11. The van der Waals surface area contributed by atoms with Crippen molar-refractivity contribution < 1.29 is 0 Å². The topological polar surface area (TPSA) is 35.8 Å². The van der Waals surface area contributed by atoms with Gasteiger partial charge in [0.25, 0.3) is 0 Å². The number of rotatable bonds is 8. The van der Waals surface area contributed by atoms with Gasteiger partial charge >= 0.3 is 0 Å². The van der Waals surface area contributed by atoms with Crippen LogP contribution in [0.25, 0.3) is 0 Å². The van der Waals surface area contributed by atoms with Gasteiger partial charge in [-0.15, -0.1) is 0 Å². The van der Waals surface area contributed by atoms with Crippen molar-refractivity contribution in [3.8, 4) is 6.07 Å². The van der Waals surface area contributed by atoms with E-state index < -0.39 is 0 Å². The molecule has 1 rings (SSSR count). The molecule has 1 fully saturated rings. The molecule has 0 bridgehead atoms. The minimum absolute atomic E-state index is 0.281. The normalized spacial score (nSPS) is 19.5. The fourth-order valence-electron chi connectivity index (χ4n) is 1.78. The molecule has 1 aliphatic carbocycles. The Hall–Kier alpha value is -0.550. The van der Waals surface area contributed by atoms with E-state index >= 15 is 0 Å². The van der Waals surface area contributed by atoms with E-state index in [0.29, 0.717) is 0 Å². The molecule has 1 atom stereocenters. The molecule has 0 saturated heterocycles. The van der Waals surface area contributed by atoms with E-state index in [4.69, 9.17) is 5.26 Å². The van der Waals surface area contributed by atoms with Gasteiger partial charge in [-0.25, -0.2) is 0 Å². The van der Waals surface area contributed by atoms with Crippen LogP contribution >= 0.6 is 0 Å². The zero-order valence-electron chi connectivity index (χ0n) is 10.2. The summed E-state index contributed by atoms with van der Waals surface area (Å²) in [5, 5.41) is 12.6. The second-order valence-corrected chi connectivity index (χ2v) is 5.08. The van der Waals surface area contributed by atoms with Crippen molar-refractivity contribution in [3.63, 3.8) is 0 Å². The molecular formula is C13H24N2. The highest BCUT2D eigenvalue weighted by atomic mass is 15.0. The quantitative estimate of drug-likeness (QED) is 0.622. The molecule has 1 unspecified atom stereocenters. The number of hydrogen-bond donors (Lipinski definition) is 1. The van der Waals surface area contributed by atoms with Crippen molar-refractivity contribution in [2.24, 2.45) is 5.92 Å². The van der Waals surface area contributed by atoms with Crippen molar-refractivity contribution in [1.82, 2.24) is 5.32 Å². The molecule has 2 heteroatoms. The third kappa shape index (κ3) is 5.18. The van der Waals surface area contributed by atoms with Gasteiger partial charge in [-0.3, -0.25) is 5.32 Å². The molecule has 0 aromatic heterocycles. The van der Waals surface area contributed by atoms with Crippen LogP contribution in [-0.2, 0) is 0 Å². The predicted octanol–water partition coefficient (Wildman–Crippen LogP) is 3.24. The van der Waals surface area contributed by atoms with Gasteiger partial charge in [-0.1, -0.05) is 32.6 Å². The Morgan fingerprint density at radius 1 is 1.33 bits per heavy atom. The molecule has 0 radical (unpaired) electrons. The van der Waals surface area contributed by atoms with Gasteiger partial charge in [-0.2, -0.15) is 5.26 Å². The third-order valence-electron chi connectivity index (χ3n) is 3.25. The van der Waals surface area contributed by atoms with E-state index in [2.05, 4.69) is 18.3 Å². The maximum Gasteiger partial charge on any atom is 0.103 e. The van der Waals surface area contributed by atoms with Crippen LogP contribution in [0.15, 0.2) is 0 Å². The number of hydrogen-bond acceptors (Lipinski definition) is 2. The summed E-state index contributed by atoms with van der Waals surface area (Å²) in [6.45, 7) is 5.30. The summed E-state index contributed by atoms with van der Waals surface area (Å²) in [7, 11) is 0. The highest BCUT2D eigenvalue weighted by Gasteiger charge is 2.27. The lowest BCUT2D eigenvalue weighted by atomic mass is 9.95. The van der Waals surface area contributed by atoms with Crippen LogP contribution in [0.3, 0.4) is 0 Å². The molecule has 0 aromatic carbocycles. The molecule has 1 aliphatic rings. The van der Waals surface area contributed by atoms with E-state index in [0.717, 1.165) is 18.9 Å². The highest BCUT2D eigenvalue weighted by Crippen LogP contribution is 2.28. The van der Waals surface area contributed by atoms with Crippen LogP contribution < -0.4 is 5.32 Å². The molecule has 0 aliphatic heterocycles. The zero-order valence-corrected chi connectivity index (χ0v) is 10.2. The average molecular weight is 208 g/mol. The fraction of sp³-hybridized carbons (Fsp3) is 0.923. The Morgan fingerprint density at radius 2 is 2.07 bits per heavy atom. The number of unbranched alkanes of at least 4 members (excludes halogenated alkanes) is 3. The van der Waals surface area contributed by atoms with Crippen LogP contribution in [0, 0.1) is 17.2 Å². The molecule has 0 amide bonds. The smallest absolute Gasteiger partial charge is 0.103 e. The lowest BCUT2D eigenvalue weighted by molar-refractivity contribution is 0.391. The third-order valence-corrected chi connectivity index (χ3v) is 3.25. The second-order valence-electron chi connectivity index (χ2n) is 5.08. The summed E-state index contributed by atoms with van der Waals surface area (Å²) < 4.78 is 0. The minimum atomic E-state index is -0.281. The van der Waals surface area contributed by atoms with Crippen molar-refractivity contribution in [2.75, 3.05) is 6.54 Å². The number of nitrogens with zero attached hydrogens (tertiary/aromatic N) is 1. The van der Waals surface area contributed by atoms with E-state index in [-0.39, 0.29) is 5.54 Å². The molecule has 0 aromatic rings. The van der Waals surface area contributed by atoms with E-state index in [1.54, 1.807) is 0 Å². The van der Waals surface area contributed by atoms with E-state index in [9.17, 15) is 0 Å². The fourth-order valence-corrected chi connectivity index (χ4v) is 1.78. The van der Waals surface area contributed by atoms with Crippen molar-refractivity contribution >= 4 is 0 Å². The summed E-state index contributed by atoms with van der Waals surface area (Å²) in [4.78, 5) is 0. The molecule has 2 nitrogen and oxygen atoms in total. The van der Waals surface area contributed by atoms with Gasteiger partial charge in [0.15, 0.2) is 0 Å². The van der Waals surface area contributed by atoms with Gasteiger partial charge in [-0.05, 0) is 38.6 Å². The first-order chi connectivity index (χ1) is 7.20. The Bertz CT molecular complexity index is 215. The Balaban J connectivity index is 2.15. The van der Waals surface area contributed by atoms with Crippen LogP contribution in [0.1, 0.15) is 58.8 Å². The van der Waals surface area contributed by atoms with Gasteiger partial charge in [0.05, 0.1) is 6.07 Å². The zero-order chi connectivity index (χ0) is 11.1. The number of nitriles is 1. The monoisotopic (exact) mass is 208 g/mol. The maximum absolute atomic E-state index is 9.16. The highest BCUT2D eigenvalue weighted by molar-refractivity contribution is 5.04. The molecule has 1 saturated carbocycles. The minimum Gasteiger partial charge on any atom is -0.299 e. The maximum atomic E-state index is 9.16. The number of nitrogens with one attached hydrogen (secondary N) is 1. The van der Waals surface area contributed by atoms with Crippen molar-refractivity contribution in [1.29, 1.82) is 5.26 Å². The van der Waals surface area contributed by atoms with E-state index in [1.165, 1.54) is 38.5 Å². The first kappa shape index (κ1) is 12.5. The van der Waals surface area contributed by atoms with Crippen LogP contribution in [0.5, 0.6) is 0 Å². The van der Waals surface area contributed by atoms with E-state index in [1.807, 2.05) is 6.92 Å². The van der Waals surface area contributed by atoms with Gasteiger partial charge in [0, 0.05) is 0 Å². The second kappa shape index (κ2) is 6.12. The predicted molar refractivity (Wildman–Crippen MR) is 63.5 cm³/mol. The van der Waals surface area contributed by atoms with Gasteiger partial charge in [0.1, 0.15) is 5.54 Å². The van der Waals surface area contributed by atoms with Gasteiger partial charge < -0.3 is 0 Å². The first-order valence-corrected chi connectivity index (χ1v) is 6.36.